The standard InChI is InChI=1S/C19H13N5O2S/c25-27(26,19-13-21-18-8-4-5-9-23(18)19)24-17-10-15(11-20-16(17)12-22-24)14-6-2-1-3-7-14/h1-13H. The molecule has 0 N–H and O–H groups in total. The van der Waals surface area contributed by atoms with Gasteiger partial charge in [0.25, 0.3) is 0 Å². The van der Waals surface area contributed by atoms with Crippen molar-refractivity contribution in [1.29, 1.82) is 0 Å². The number of imidazole rings is 1. The molecule has 8 heteroatoms. The second-order valence-corrected chi connectivity index (χ2v) is 7.73. The lowest BCUT2D eigenvalue weighted by molar-refractivity contribution is 0.577. The Labute approximate surface area is 154 Å². The maximum absolute atomic E-state index is 13.2. The molecule has 0 fully saturated rings. The minimum atomic E-state index is -3.94. The molecule has 27 heavy (non-hydrogen) atoms. The van der Waals surface area contributed by atoms with E-state index in [1.54, 1.807) is 36.7 Å². The Morgan fingerprint density at radius 2 is 1.63 bits per heavy atom. The van der Waals surface area contributed by atoms with Gasteiger partial charge in [0.1, 0.15) is 16.7 Å². The summed E-state index contributed by atoms with van der Waals surface area (Å²) in [5, 5.41) is 4.14. The average Bonchev–Trinajstić information content (AvgIpc) is 3.33. The molecule has 0 saturated carbocycles. The third-order valence-electron chi connectivity index (χ3n) is 4.37. The molecule has 0 spiro atoms. The van der Waals surface area contributed by atoms with Gasteiger partial charge in [-0.15, -0.1) is 0 Å². The summed E-state index contributed by atoms with van der Waals surface area (Å²) >= 11 is 0. The van der Waals surface area contributed by atoms with Gasteiger partial charge in [0, 0.05) is 18.0 Å². The normalized spacial score (nSPS) is 12.0. The van der Waals surface area contributed by atoms with Gasteiger partial charge in [-0.05, 0) is 23.8 Å². The molecule has 0 bridgehead atoms. The highest BCUT2D eigenvalue weighted by Gasteiger charge is 2.25. The van der Waals surface area contributed by atoms with Crippen LogP contribution in [0.15, 0.2) is 84.4 Å². The van der Waals surface area contributed by atoms with Crippen LogP contribution in [0.1, 0.15) is 0 Å². The minimum Gasteiger partial charge on any atom is -0.289 e. The second kappa shape index (κ2) is 5.75. The van der Waals surface area contributed by atoms with Crippen molar-refractivity contribution in [3.05, 3.63) is 79.4 Å². The van der Waals surface area contributed by atoms with Gasteiger partial charge in [-0.1, -0.05) is 36.4 Å². The quantitative estimate of drug-likeness (QED) is 0.484. The Morgan fingerprint density at radius 3 is 2.48 bits per heavy atom. The number of fused-ring (bicyclic) bond motifs is 2. The summed E-state index contributed by atoms with van der Waals surface area (Å²) in [6.45, 7) is 0. The number of rotatable bonds is 3. The first kappa shape index (κ1) is 15.7. The van der Waals surface area contributed by atoms with Gasteiger partial charge < -0.3 is 0 Å². The third-order valence-corrected chi connectivity index (χ3v) is 5.95. The smallest absolute Gasteiger partial charge is 0.289 e. The highest BCUT2D eigenvalue weighted by atomic mass is 32.2. The fraction of sp³-hybridized carbons (Fsp3) is 0. The maximum Gasteiger partial charge on any atom is 0.301 e. The summed E-state index contributed by atoms with van der Waals surface area (Å²) in [6.07, 6.45) is 6.16. The molecule has 0 radical (unpaired) electrons. The Balaban J connectivity index is 1.73. The number of hydrogen-bond acceptors (Lipinski definition) is 5. The second-order valence-electron chi connectivity index (χ2n) is 6.01. The van der Waals surface area contributed by atoms with E-state index >= 15 is 0 Å². The molecule has 1 aromatic carbocycles. The van der Waals surface area contributed by atoms with E-state index in [2.05, 4.69) is 15.1 Å². The highest BCUT2D eigenvalue weighted by molar-refractivity contribution is 7.90. The fourth-order valence-corrected chi connectivity index (χ4v) is 4.40. The number of aromatic nitrogens is 5. The number of benzene rings is 1. The van der Waals surface area contributed by atoms with Gasteiger partial charge in [-0.3, -0.25) is 9.38 Å². The van der Waals surface area contributed by atoms with Crippen molar-refractivity contribution in [3.63, 3.8) is 0 Å². The lowest BCUT2D eigenvalue weighted by Gasteiger charge is -2.07. The van der Waals surface area contributed by atoms with E-state index in [0.717, 1.165) is 15.2 Å². The average molecular weight is 375 g/mol. The van der Waals surface area contributed by atoms with Crippen LogP contribution >= 0.6 is 0 Å². The zero-order valence-corrected chi connectivity index (χ0v) is 14.8. The van der Waals surface area contributed by atoms with Crippen molar-refractivity contribution >= 4 is 26.7 Å². The van der Waals surface area contributed by atoms with Crippen LogP contribution in [0.25, 0.3) is 27.8 Å². The molecule has 5 aromatic rings. The van der Waals surface area contributed by atoms with E-state index in [-0.39, 0.29) is 5.03 Å². The zero-order chi connectivity index (χ0) is 18.4. The van der Waals surface area contributed by atoms with Crippen molar-refractivity contribution < 1.29 is 8.42 Å². The SMILES string of the molecule is O=S(=O)(c1cnc2ccccn12)n1ncc2ncc(-c3ccccc3)cc21. The van der Waals surface area contributed by atoms with Crippen LogP contribution in [-0.2, 0) is 10.0 Å². The van der Waals surface area contributed by atoms with Crippen molar-refractivity contribution in [3.8, 4) is 11.1 Å². The molecule has 4 heterocycles. The van der Waals surface area contributed by atoms with E-state index in [4.69, 9.17) is 0 Å². The molecule has 5 rings (SSSR count). The molecular formula is C19H13N5O2S. The summed E-state index contributed by atoms with van der Waals surface area (Å²) in [5.74, 6) is 0. The third kappa shape index (κ3) is 2.42. The number of pyridine rings is 2. The molecule has 0 atom stereocenters. The molecule has 0 saturated heterocycles. The van der Waals surface area contributed by atoms with Crippen LogP contribution < -0.4 is 0 Å². The van der Waals surface area contributed by atoms with Gasteiger partial charge >= 0.3 is 10.0 Å². The predicted molar refractivity (Wildman–Crippen MR) is 101 cm³/mol. The summed E-state index contributed by atoms with van der Waals surface area (Å²) in [6, 6.07) is 16.8. The summed E-state index contributed by atoms with van der Waals surface area (Å²) < 4.78 is 29.0. The van der Waals surface area contributed by atoms with Crippen molar-refractivity contribution in [2.45, 2.75) is 5.03 Å². The first-order valence-corrected chi connectivity index (χ1v) is 9.65. The largest absolute Gasteiger partial charge is 0.301 e. The molecule has 7 nitrogen and oxygen atoms in total. The molecule has 0 aliphatic carbocycles. The molecule has 0 unspecified atom stereocenters. The summed E-state index contributed by atoms with van der Waals surface area (Å²) in [5.41, 5.74) is 3.25. The number of nitrogens with zero attached hydrogens (tertiary/aromatic N) is 5. The van der Waals surface area contributed by atoms with Crippen LogP contribution in [0.4, 0.5) is 0 Å². The Morgan fingerprint density at radius 1 is 0.815 bits per heavy atom. The Hall–Kier alpha value is -3.52. The van der Waals surface area contributed by atoms with Crippen LogP contribution in [0.2, 0.25) is 0 Å². The first-order chi connectivity index (χ1) is 13.1. The first-order valence-electron chi connectivity index (χ1n) is 8.21. The van der Waals surface area contributed by atoms with Gasteiger partial charge in [0.2, 0.25) is 0 Å². The zero-order valence-electron chi connectivity index (χ0n) is 14.0. The fourth-order valence-electron chi connectivity index (χ4n) is 3.05. The minimum absolute atomic E-state index is 0.0493. The van der Waals surface area contributed by atoms with Gasteiger partial charge in [0.05, 0.1) is 12.4 Å². The molecule has 0 aliphatic heterocycles. The van der Waals surface area contributed by atoms with E-state index in [1.807, 2.05) is 30.3 Å². The van der Waals surface area contributed by atoms with E-state index < -0.39 is 10.0 Å². The highest BCUT2D eigenvalue weighted by Crippen LogP contribution is 2.25. The van der Waals surface area contributed by atoms with Crippen LogP contribution in [0.5, 0.6) is 0 Å². The van der Waals surface area contributed by atoms with Gasteiger partial charge in [-0.25, -0.2) is 4.98 Å². The lowest BCUT2D eigenvalue weighted by Crippen LogP contribution is -2.16. The van der Waals surface area contributed by atoms with Crippen LogP contribution in [0, 0.1) is 0 Å². The monoisotopic (exact) mass is 375 g/mol. The maximum atomic E-state index is 13.2. The van der Waals surface area contributed by atoms with E-state index in [1.165, 1.54) is 16.8 Å². The topological polar surface area (TPSA) is 82.1 Å². The molecule has 0 amide bonds. The molecular weight excluding hydrogens is 362 g/mol. The summed E-state index contributed by atoms with van der Waals surface area (Å²) in [7, 11) is -3.94. The van der Waals surface area contributed by atoms with Crippen molar-refractivity contribution in [2.75, 3.05) is 0 Å². The van der Waals surface area contributed by atoms with Gasteiger partial charge in [-0.2, -0.15) is 17.6 Å². The van der Waals surface area contributed by atoms with E-state index in [9.17, 15) is 8.42 Å². The molecule has 4 aromatic heterocycles. The van der Waals surface area contributed by atoms with Crippen LogP contribution in [0.3, 0.4) is 0 Å². The number of hydrogen-bond donors (Lipinski definition) is 0. The van der Waals surface area contributed by atoms with Crippen LogP contribution in [-0.4, -0.2) is 32.0 Å². The molecule has 132 valence electrons. The Bertz CT molecular complexity index is 1390. The van der Waals surface area contributed by atoms with E-state index in [0.29, 0.717) is 16.7 Å². The van der Waals surface area contributed by atoms with Crippen molar-refractivity contribution in [2.24, 2.45) is 0 Å². The lowest BCUT2D eigenvalue weighted by atomic mass is 10.1. The van der Waals surface area contributed by atoms with Gasteiger partial charge in [0.15, 0.2) is 5.03 Å². The predicted octanol–water partition coefficient (Wildman–Crippen LogP) is 2.98. The molecule has 0 aliphatic rings. The summed E-state index contributed by atoms with van der Waals surface area (Å²) in [4.78, 5) is 8.53. The Kier molecular flexibility index (Phi) is 3.34. The van der Waals surface area contributed by atoms with Crippen molar-refractivity contribution in [1.82, 2.24) is 23.6 Å².